The maximum atomic E-state index is 2.43. The standard InChI is InChI=1S/C80H62N2/c1-79(2)75-51-55(27-47-71(75)73-49-45-69(53-77(73)79)81(65-37-29-61(30-38-65)57-17-9-5-10-18-57)66-39-31-62(32-40-66)58-19-11-6-12-20-58)25-26-56-28-48-72-74-50-46-70(54-78(74)80(3,4)76(72)52-56)82(67-41-33-63(34-42-67)59-21-13-7-14-22-59)68-43-35-64(36-44-68)60-23-15-8-16-24-60/h5-54H,1-4H3/b26-25+. The molecule has 2 heteroatoms. The zero-order valence-electron chi connectivity index (χ0n) is 46.8. The summed E-state index contributed by atoms with van der Waals surface area (Å²) in [5.74, 6) is 0. The summed E-state index contributed by atoms with van der Waals surface area (Å²) >= 11 is 0. The lowest BCUT2D eigenvalue weighted by atomic mass is 9.81. The molecule has 0 radical (unpaired) electrons. The molecular formula is C80H62N2. The average Bonchev–Trinajstić information content (AvgIpc) is 4.13. The zero-order chi connectivity index (χ0) is 55.4. The number of rotatable bonds is 12. The first-order valence-electron chi connectivity index (χ1n) is 28.6. The van der Waals surface area contributed by atoms with E-state index in [0.29, 0.717) is 0 Å². The summed E-state index contributed by atoms with van der Waals surface area (Å²) in [5.41, 5.74) is 28.9. The Labute approximate surface area is 483 Å². The highest BCUT2D eigenvalue weighted by molar-refractivity contribution is 5.90. The van der Waals surface area contributed by atoms with E-state index < -0.39 is 0 Å². The molecule has 0 atom stereocenters. The van der Waals surface area contributed by atoms with Crippen molar-refractivity contribution in [3.63, 3.8) is 0 Å². The van der Waals surface area contributed by atoms with Gasteiger partial charge in [0.1, 0.15) is 0 Å². The number of nitrogens with zero attached hydrogens (tertiary/aromatic N) is 2. The Hall–Kier alpha value is -10.0. The highest BCUT2D eigenvalue weighted by Gasteiger charge is 2.38. The maximum absolute atomic E-state index is 2.43. The van der Waals surface area contributed by atoms with Crippen LogP contribution in [-0.4, -0.2) is 0 Å². The minimum atomic E-state index is -0.223. The lowest BCUT2D eigenvalue weighted by Crippen LogP contribution is -2.16. The largest absolute Gasteiger partial charge is 0.310 e. The van der Waals surface area contributed by atoms with Crippen LogP contribution in [0.1, 0.15) is 61.1 Å². The van der Waals surface area contributed by atoms with E-state index in [9.17, 15) is 0 Å². The molecule has 14 rings (SSSR count). The molecule has 82 heavy (non-hydrogen) atoms. The van der Waals surface area contributed by atoms with Crippen molar-refractivity contribution in [3.05, 3.63) is 325 Å². The highest BCUT2D eigenvalue weighted by Crippen LogP contribution is 2.53. The highest BCUT2D eigenvalue weighted by atomic mass is 15.1. The summed E-state index contributed by atoms with van der Waals surface area (Å²) in [7, 11) is 0. The van der Waals surface area contributed by atoms with Crippen LogP contribution in [0.25, 0.3) is 78.9 Å². The summed E-state index contributed by atoms with van der Waals surface area (Å²) in [4.78, 5) is 4.80. The minimum absolute atomic E-state index is 0.223. The van der Waals surface area contributed by atoms with E-state index in [1.807, 2.05) is 0 Å². The smallest absolute Gasteiger partial charge is 0.0465 e. The summed E-state index contributed by atoms with van der Waals surface area (Å²) in [6.45, 7) is 9.54. The van der Waals surface area contributed by atoms with E-state index in [4.69, 9.17) is 0 Å². The molecule has 0 N–H and O–H groups in total. The Balaban J connectivity index is 0.747. The quantitative estimate of drug-likeness (QED) is 0.113. The molecule has 12 aromatic rings. The fraction of sp³-hybridized carbons (Fsp3) is 0.0750. The lowest BCUT2D eigenvalue weighted by molar-refractivity contribution is 0.660. The van der Waals surface area contributed by atoms with E-state index in [-0.39, 0.29) is 10.8 Å². The SMILES string of the molecule is CC1(C)c2cc(/C=C/c3ccc4c(c3)C(C)(C)c3cc(N(c5ccc(-c6ccccc6)cc5)c5ccc(-c6ccccc6)cc5)ccc3-4)ccc2-c2ccc(N(c3ccc(-c4ccccc4)cc3)c3ccc(-c4ccccc4)cc3)cc21. The van der Waals surface area contributed by atoms with Crippen LogP contribution in [0, 0.1) is 0 Å². The third-order valence-electron chi connectivity index (χ3n) is 17.3. The van der Waals surface area contributed by atoms with Gasteiger partial charge in [-0.25, -0.2) is 0 Å². The van der Waals surface area contributed by atoms with Crippen molar-refractivity contribution >= 4 is 46.3 Å². The summed E-state index contributed by atoms with van der Waals surface area (Å²) < 4.78 is 0. The van der Waals surface area contributed by atoms with E-state index in [0.717, 1.165) is 34.1 Å². The first-order valence-corrected chi connectivity index (χ1v) is 28.6. The second-order valence-corrected chi connectivity index (χ2v) is 23.0. The number of anilines is 6. The van der Waals surface area contributed by atoms with Gasteiger partial charge in [0, 0.05) is 45.0 Å². The summed E-state index contributed by atoms with van der Waals surface area (Å²) in [5, 5.41) is 0. The van der Waals surface area contributed by atoms with Crippen molar-refractivity contribution in [1.82, 2.24) is 0 Å². The Kier molecular flexibility index (Phi) is 12.6. The Bertz CT molecular complexity index is 3860. The van der Waals surface area contributed by atoms with Crippen molar-refractivity contribution < 1.29 is 0 Å². The monoisotopic (exact) mass is 1050 g/mol. The summed E-state index contributed by atoms with van der Waals surface area (Å²) in [6.07, 6.45) is 4.59. The minimum Gasteiger partial charge on any atom is -0.310 e. The van der Waals surface area contributed by atoms with Crippen LogP contribution in [0.3, 0.4) is 0 Å². The molecule has 2 aliphatic rings. The molecule has 0 saturated carbocycles. The Morgan fingerprint density at radius 3 is 0.707 bits per heavy atom. The molecule has 0 fully saturated rings. The molecule has 2 aliphatic carbocycles. The third kappa shape index (κ3) is 9.13. The van der Waals surface area contributed by atoms with Gasteiger partial charge in [-0.15, -0.1) is 0 Å². The van der Waals surface area contributed by atoms with Gasteiger partial charge in [0.15, 0.2) is 0 Å². The topological polar surface area (TPSA) is 6.48 Å². The molecule has 0 amide bonds. The molecule has 0 aliphatic heterocycles. The number of fused-ring (bicyclic) bond motifs is 6. The molecule has 2 nitrogen and oxygen atoms in total. The number of hydrogen-bond donors (Lipinski definition) is 0. The van der Waals surface area contributed by atoms with Crippen molar-refractivity contribution in [2.75, 3.05) is 9.80 Å². The molecule has 392 valence electrons. The van der Waals surface area contributed by atoms with Gasteiger partial charge in [0.25, 0.3) is 0 Å². The van der Waals surface area contributed by atoms with Crippen LogP contribution < -0.4 is 9.80 Å². The van der Waals surface area contributed by atoms with E-state index in [1.54, 1.807) is 0 Å². The van der Waals surface area contributed by atoms with E-state index in [2.05, 4.69) is 341 Å². The second-order valence-electron chi connectivity index (χ2n) is 23.0. The summed E-state index contributed by atoms with van der Waals surface area (Å²) in [6, 6.07) is 107. The van der Waals surface area contributed by atoms with Gasteiger partial charge in [-0.05, 0) is 173 Å². The molecule has 0 unspecified atom stereocenters. The third-order valence-corrected chi connectivity index (χ3v) is 17.3. The molecule has 0 bridgehead atoms. The first-order chi connectivity index (χ1) is 40.1. The van der Waals surface area contributed by atoms with Gasteiger partial charge < -0.3 is 9.80 Å². The van der Waals surface area contributed by atoms with Crippen LogP contribution in [0.15, 0.2) is 291 Å². The van der Waals surface area contributed by atoms with Gasteiger partial charge in [0.05, 0.1) is 0 Å². The number of benzene rings is 12. The predicted molar refractivity (Wildman–Crippen MR) is 348 cm³/mol. The van der Waals surface area contributed by atoms with Gasteiger partial charge >= 0.3 is 0 Å². The van der Waals surface area contributed by atoms with Crippen LogP contribution in [-0.2, 0) is 10.8 Å². The molecular weight excluding hydrogens is 989 g/mol. The Morgan fingerprint density at radius 2 is 0.439 bits per heavy atom. The van der Waals surface area contributed by atoms with Crippen LogP contribution >= 0.6 is 0 Å². The molecule has 0 aromatic heterocycles. The van der Waals surface area contributed by atoms with Gasteiger partial charge in [-0.1, -0.05) is 258 Å². The maximum Gasteiger partial charge on any atom is 0.0465 e. The van der Waals surface area contributed by atoms with Gasteiger partial charge in [-0.3, -0.25) is 0 Å². The van der Waals surface area contributed by atoms with Crippen LogP contribution in [0.5, 0.6) is 0 Å². The van der Waals surface area contributed by atoms with Gasteiger partial charge in [-0.2, -0.15) is 0 Å². The fourth-order valence-corrected chi connectivity index (χ4v) is 12.8. The molecule has 12 aromatic carbocycles. The van der Waals surface area contributed by atoms with Crippen molar-refractivity contribution in [3.8, 4) is 66.8 Å². The zero-order valence-corrected chi connectivity index (χ0v) is 46.8. The Morgan fingerprint density at radius 1 is 0.220 bits per heavy atom. The average molecular weight is 1050 g/mol. The second kappa shape index (κ2) is 20.6. The van der Waals surface area contributed by atoms with E-state index >= 15 is 0 Å². The van der Waals surface area contributed by atoms with Gasteiger partial charge in [0.2, 0.25) is 0 Å². The number of hydrogen-bond acceptors (Lipinski definition) is 2. The predicted octanol–water partition coefficient (Wildman–Crippen LogP) is 22.1. The van der Waals surface area contributed by atoms with Crippen molar-refractivity contribution in [2.45, 2.75) is 38.5 Å². The van der Waals surface area contributed by atoms with Crippen LogP contribution in [0.4, 0.5) is 34.1 Å². The fourth-order valence-electron chi connectivity index (χ4n) is 12.8. The molecule has 0 spiro atoms. The van der Waals surface area contributed by atoms with Crippen molar-refractivity contribution in [1.29, 1.82) is 0 Å². The normalized spacial score (nSPS) is 13.3. The first kappa shape index (κ1) is 50.2. The van der Waals surface area contributed by atoms with E-state index in [1.165, 1.54) is 100 Å². The molecule has 0 saturated heterocycles. The lowest BCUT2D eigenvalue weighted by Gasteiger charge is -2.28. The van der Waals surface area contributed by atoms with Crippen molar-refractivity contribution in [2.24, 2.45) is 0 Å². The molecule has 0 heterocycles. The van der Waals surface area contributed by atoms with Crippen LogP contribution in [0.2, 0.25) is 0 Å².